The van der Waals surface area contributed by atoms with E-state index in [1.807, 2.05) is 36.4 Å². The quantitative estimate of drug-likeness (QED) is 0.252. The van der Waals surface area contributed by atoms with Gasteiger partial charge in [0, 0.05) is 20.9 Å². The molecular formula is C23H21ClO6S. The number of carbonyl (C=O) groups is 2. The standard InChI is InChI=1S/C23H21ClO6S/c1-27-18-10-15(11-19(28-2)23(18)29-3)17(25)12-30-21(26)13-31-20-9-5-7-14-6-4-8-16(24)22(14)20/h4-11H,12-13H2,1-3H3. The van der Waals surface area contributed by atoms with Crippen LogP contribution < -0.4 is 14.2 Å². The maximum atomic E-state index is 12.5. The Bertz CT molecular complexity index is 1080. The first-order valence-electron chi connectivity index (χ1n) is 9.27. The van der Waals surface area contributed by atoms with Gasteiger partial charge in [-0.15, -0.1) is 11.8 Å². The molecule has 0 atom stereocenters. The molecule has 0 radical (unpaired) electrons. The number of benzene rings is 3. The molecule has 0 fully saturated rings. The highest BCUT2D eigenvalue weighted by molar-refractivity contribution is 8.00. The first kappa shape index (κ1) is 22.8. The molecule has 0 spiro atoms. The highest BCUT2D eigenvalue weighted by Gasteiger charge is 2.18. The van der Waals surface area contributed by atoms with Gasteiger partial charge in [-0.05, 0) is 29.7 Å². The summed E-state index contributed by atoms with van der Waals surface area (Å²) in [6, 6.07) is 14.4. The van der Waals surface area contributed by atoms with Crippen molar-refractivity contribution >= 4 is 45.9 Å². The van der Waals surface area contributed by atoms with Crippen LogP contribution in [-0.2, 0) is 9.53 Å². The fraction of sp³-hybridized carbons (Fsp3) is 0.217. The summed E-state index contributed by atoms with van der Waals surface area (Å²) in [5, 5.41) is 2.49. The van der Waals surface area contributed by atoms with Gasteiger partial charge in [-0.1, -0.05) is 35.9 Å². The van der Waals surface area contributed by atoms with Gasteiger partial charge in [0.05, 0.1) is 27.1 Å². The highest BCUT2D eigenvalue weighted by Crippen LogP contribution is 2.38. The van der Waals surface area contributed by atoms with Crippen molar-refractivity contribution in [3.8, 4) is 17.2 Å². The van der Waals surface area contributed by atoms with Crippen molar-refractivity contribution < 1.29 is 28.5 Å². The molecule has 8 heteroatoms. The summed E-state index contributed by atoms with van der Waals surface area (Å²) in [5.41, 5.74) is 0.288. The Kier molecular flexibility index (Phi) is 7.65. The van der Waals surface area contributed by atoms with Gasteiger partial charge < -0.3 is 18.9 Å². The van der Waals surface area contributed by atoms with E-state index in [1.54, 1.807) is 0 Å². The Hall–Kier alpha value is -2.90. The second-order valence-corrected chi connectivity index (χ2v) is 7.81. The number of ketones is 1. The number of ether oxygens (including phenoxy) is 4. The van der Waals surface area contributed by atoms with Crippen LogP contribution in [0.4, 0.5) is 0 Å². The number of carbonyl (C=O) groups excluding carboxylic acids is 2. The molecule has 3 aromatic carbocycles. The zero-order chi connectivity index (χ0) is 22.4. The highest BCUT2D eigenvalue weighted by atomic mass is 35.5. The molecule has 0 heterocycles. The minimum atomic E-state index is -0.505. The van der Waals surface area contributed by atoms with Gasteiger partial charge in [0.2, 0.25) is 11.5 Å². The van der Waals surface area contributed by atoms with Gasteiger partial charge in [0.25, 0.3) is 0 Å². The van der Waals surface area contributed by atoms with Gasteiger partial charge >= 0.3 is 5.97 Å². The molecule has 162 valence electrons. The summed E-state index contributed by atoms with van der Waals surface area (Å²) < 4.78 is 20.9. The molecule has 0 aromatic heterocycles. The van der Waals surface area contributed by atoms with Crippen LogP contribution in [0.2, 0.25) is 5.02 Å². The summed E-state index contributed by atoms with van der Waals surface area (Å²) in [6.07, 6.45) is 0. The lowest BCUT2D eigenvalue weighted by Crippen LogP contribution is -2.16. The second-order valence-electron chi connectivity index (χ2n) is 6.38. The molecule has 6 nitrogen and oxygen atoms in total. The lowest BCUT2D eigenvalue weighted by molar-refractivity contribution is -0.139. The molecule has 0 N–H and O–H groups in total. The van der Waals surface area contributed by atoms with Crippen LogP contribution in [0.1, 0.15) is 10.4 Å². The fourth-order valence-corrected chi connectivity index (χ4v) is 4.28. The minimum absolute atomic E-state index is 0.0485. The van der Waals surface area contributed by atoms with E-state index in [9.17, 15) is 9.59 Å². The van der Waals surface area contributed by atoms with Crippen molar-refractivity contribution in [1.82, 2.24) is 0 Å². The van der Waals surface area contributed by atoms with Crippen LogP contribution in [-0.4, -0.2) is 45.4 Å². The Morgan fingerprint density at radius 1 is 0.935 bits per heavy atom. The molecule has 3 aromatic rings. The number of methoxy groups -OCH3 is 3. The number of fused-ring (bicyclic) bond motifs is 1. The topological polar surface area (TPSA) is 71.1 Å². The number of esters is 1. The maximum Gasteiger partial charge on any atom is 0.316 e. The van der Waals surface area contributed by atoms with Crippen LogP contribution in [0, 0.1) is 0 Å². The molecule has 0 saturated heterocycles. The molecule has 31 heavy (non-hydrogen) atoms. The number of hydrogen-bond donors (Lipinski definition) is 0. The van der Waals surface area contributed by atoms with E-state index in [4.69, 9.17) is 30.5 Å². The molecule has 0 aliphatic carbocycles. The van der Waals surface area contributed by atoms with E-state index >= 15 is 0 Å². The van der Waals surface area contributed by atoms with Crippen LogP contribution in [0.5, 0.6) is 17.2 Å². The largest absolute Gasteiger partial charge is 0.493 e. The van der Waals surface area contributed by atoms with Gasteiger partial charge in [-0.2, -0.15) is 0 Å². The monoisotopic (exact) mass is 460 g/mol. The van der Waals surface area contributed by atoms with Crippen LogP contribution in [0.25, 0.3) is 10.8 Å². The third-order valence-electron chi connectivity index (χ3n) is 4.51. The van der Waals surface area contributed by atoms with E-state index in [0.717, 1.165) is 15.7 Å². The number of rotatable bonds is 9. The molecule has 0 aliphatic rings. The second kappa shape index (κ2) is 10.4. The first-order valence-corrected chi connectivity index (χ1v) is 10.6. The molecular weight excluding hydrogens is 440 g/mol. The Morgan fingerprint density at radius 3 is 2.19 bits per heavy atom. The smallest absolute Gasteiger partial charge is 0.316 e. The molecule has 0 amide bonds. The van der Waals surface area contributed by atoms with Gasteiger partial charge in [0.15, 0.2) is 18.1 Å². The molecule has 0 bridgehead atoms. The predicted octanol–water partition coefficient (Wildman–Crippen LogP) is 5.04. The lowest BCUT2D eigenvalue weighted by atomic mass is 10.1. The number of thioether (sulfide) groups is 1. The van der Waals surface area contributed by atoms with Gasteiger partial charge in [0.1, 0.15) is 0 Å². The first-order chi connectivity index (χ1) is 15.0. The third kappa shape index (κ3) is 5.24. The van der Waals surface area contributed by atoms with E-state index < -0.39 is 12.6 Å². The Labute approximate surface area is 189 Å². The number of Topliss-reactive ketones (excluding diaryl/α,β-unsaturated/α-hetero) is 1. The normalized spacial score (nSPS) is 10.6. The summed E-state index contributed by atoms with van der Waals surface area (Å²) in [7, 11) is 4.40. The minimum Gasteiger partial charge on any atom is -0.493 e. The van der Waals surface area contributed by atoms with Gasteiger partial charge in [-0.25, -0.2) is 0 Å². The Morgan fingerprint density at radius 2 is 1.58 bits per heavy atom. The summed E-state index contributed by atoms with van der Waals surface area (Å²) in [4.78, 5) is 25.6. The van der Waals surface area contributed by atoms with Crippen molar-refractivity contribution in [3.63, 3.8) is 0 Å². The van der Waals surface area contributed by atoms with E-state index in [2.05, 4.69) is 0 Å². The zero-order valence-electron chi connectivity index (χ0n) is 17.3. The SMILES string of the molecule is COc1cc(C(=O)COC(=O)CSc2cccc3cccc(Cl)c23)cc(OC)c1OC. The van der Waals surface area contributed by atoms with Crippen molar-refractivity contribution in [1.29, 1.82) is 0 Å². The third-order valence-corrected chi connectivity index (χ3v) is 5.86. The predicted molar refractivity (Wildman–Crippen MR) is 121 cm³/mol. The Balaban J connectivity index is 1.64. The summed E-state index contributed by atoms with van der Waals surface area (Å²) in [5.74, 6) is 0.233. The van der Waals surface area contributed by atoms with Gasteiger partial charge in [-0.3, -0.25) is 9.59 Å². The average molecular weight is 461 g/mol. The van der Waals surface area contributed by atoms with E-state index in [-0.39, 0.29) is 17.1 Å². The van der Waals surface area contributed by atoms with Crippen LogP contribution in [0.15, 0.2) is 53.4 Å². The molecule has 0 aliphatic heterocycles. The maximum absolute atomic E-state index is 12.5. The van der Waals surface area contributed by atoms with E-state index in [0.29, 0.717) is 22.3 Å². The fourth-order valence-electron chi connectivity index (χ4n) is 3.03. The molecule has 0 saturated carbocycles. The average Bonchev–Trinajstić information content (AvgIpc) is 2.80. The van der Waals surface area contributed by atoms with Crippen molar-refractivity contribution in [2.45, 2.75) is 4.90 Å². The lowest BCUT2D eigenvalue weighted by Gasteiger charge is -2.13. The number of halogens is 1. The van der Waals surface area contributed by atoms with E-state index in [1.165, 1.54) is 45.2 Å². The molecule has 0 unspecified atom stereocenters. The van der Waals surface area contributed by atoms with Crippen LogP contribution in [0.3, 0.4) is 0 Å². The van der Waals surface area contributed by atoms with Crippen molar-refractivity contribution in [3.05, 3.63) is 59.1 Å². The van der Waals surface area contributed by atoms with Crippen molar-refractivity contribution in [2.24, 2.45) is 0 Å². The molecule has 3 rings (SSSR count). The summed E-state index contributed by atoms with van der Waals surface area (Å²) in [6.45, 7) is -0.395. The number of hydrogen-bond acceptors (Lipinski definition) is 7. The van der Waals surface area contributed by atoms with Crippen molar-refractivity contribution in [2.75, 3.05) is 33.7 Å². The zero-order valence-corrected chi connectivity index (χ0v) is 18.8. The summed E-state index contributed by atoms with van der Waals surface area (Å²) >= 11 is 7.63. The van der Waals surface area contributed by atoms with Crippen LogP contribution >= 0.6 is 23.4 Å².